The molecule has 0 aromatic rings. The molecule has 0 atom stereocenters. The van der Waals surface area contributed by atoms with Gasteiger partial charge in [-0.2, -0.15) is 27.7 Å². The van der Waals surface area contributed by atoms with Crippen LogP contribution in [-0.4, -0.2) is 103 Å². The first kappa shape index (κ1) is 95.9. The molecule has 0 rings (SSSR count). The van der Waals surface area contributed by atoms with Crippen LogP contribution in [0.2, 0.25) is 0 Å². The summed E-state index contributed by atoms with van der Waals surface area (Å²) < 4.78 is 0. The van der Waals surface area contributed by atoms with E-state index in [9.17, 15) is 0 Å². The van der Waals surface area contributed by atoms with Crippen LogP contribution in [0.1, 0.15) is 55.4 Å². The monoisotopic (exact) mass is 842 g/mol. The molecule has 0 unspecified atom stereocenters. The molecule has 0 N–H and O–H groups in total. The van der Waals surface area contributed by atoms with E-state index in [2.05, 4.69) is 41.5 Å². The van der Waals surface area contributed by atoms with Crippen molar-refractivity contribution in [1.29, 1.82) is 0 Å². The van der Waals surface area contributed by atoms with Gasteiger partial charge in [-0.3, -0.25) is 0 Å². The number of hydrogen-bond acceptors (Lipinski definition) is 0. The number of rotatable bonds is 0. The minimum absolute atomic E-state index is 0. The molecule has 0 spiro atoms. The topological polar surface area (TPSA) is 0 Å². The van der Waals surface area contributed by atoms with Gasteiger partial charge in [0, 0.05) is 164 Å². The van der Waals surface area contributed by atoms with Gasteiger partial charge in [-0.15, -0.1) is 0 Å². The maximum absolute atomic E-state index is 3.64. The Labute approximate surface area is 343 Å². The summed E-state index contributed by atoms with van der Waals surface area (Å²) in [5.41, 5.74) is 0. The van der Waals surface area contributed by atoms with E-state index in [-0.39, 0.29) is 258 Å². The molecular weight excluding hydrogens is 804 g/mol. The third-order valence-corrected chi connectivity index (χ3v) is 0. The summed E-state index contributed by atoms with van der Waals surface area (Å²) >= 11 is 0. The molecule has 0 aliphatic rings. The first-order valence-electron chi connectivity index (χ1n) is 5.44. The molecule has 0 nitrogen and oxygen atoms in total. The van der Waals surface area contributed by atoms with Crippen molar-refractivity contribution in [2.24, 2.45) is 11.8 Å². The van der Waals surface area contributed by atoms with Gasteiger partial charge in [0.25, 0.3) is 0 Å². The van der Waals surface area contributed by atoms with Crippen LogP contribution in [0.4, 0.5) is 0 Å². The Hall–Kier alpha value is 7.39. The molecule has 0 heterocycles. The van der Waals surface area contributed by atoms with E-state index in [1.807, 2.05) is 40.5 Å². The van der Waals surface area contributed by atoms with Gasteiger partial charge in [0.2, 0.25) is 0 Å². The first-order valence-corrected chi connectivity index (χ1v) is 5.44. The molecular formula is C16H38Cd3K2Zn3+10. The second-order valence-corrected chi connectivity index (χ2v) is 3.94. The molecule has 8 heteroatoms. The van der Waals surface area contributed by atoms with Crippen LogP contribution in [0.5, 0.6) is 0 Å². The molecule has 24 heavy (non-hydrogen) atoms. The van der Waals surface area contributed by atoms with Crippen molar-refractivity contribution in [3.63, 3.8) is 0 Å². The number of hydrogen-bond donors (Lipinski definition) is 0. The van der Waals surface area contributed by atoms with Gasteiger partial charge < -0.3 is 12.8 Å². The Morgan fingerprint density at radius 1 is 0.625 bits per heavy atom. The van der Waals surface area contributed by atoms with Gasteiger partial charge in [0.15, 0.2) is 0 Å². The van der Waals surface area contributed by atoms with Crippen LogP contribution in [0.3, 0.4) is 0 Å². The van der Waals surface area contributed by atoms with E-state index in [1.165, 1.54) is 0 Å². The smallest absolute Gasteiger partial charge is 0.335 e. The molecule has 0 aliphatic carbocycles. The Balaban J connectivity index is -0.00000000409. The van der Waals surface area contributed by atoms with E-state index < -0.39 is 0 Å². The third-order valence-electron chi connectivity index (χ3n) is 0. The summed E-state index contributed by atoms with van der Waals surface area (Å²) in [6.45, 7) is 23.5. The Kier molecular flexibility index (Phi) is 443. The molecule has 0 saturated carbocycles. The largest absolute Gasteiger partial charge is 2.00 e. The van der Waals surface area contributed by atoms with E-state index >= 15 is 0 Å². The minimum Gasteiger partial charge on any atom is -0.335 e. The summed E-state index contributed by atoms with van der Waals surface area (Å²) in [4.78, 5) is 0. The molecule has 0 saturated heterocycles. The summed E-state index contributed by atoms with van der Waals surface area (Å²) in [5, 5.41) is 0. The Bertz CT molecular complexity index is 65.0. The van der Waals surface area contributed by atoms with Crippen LogP contribution in [0.15, 0.2) is 0 Å². The zero-order valence-electron chi connectivity index (χ0n) is 20.0. The minimum atomic E-state index is 0. The fraction of sp³-hybridized carbons (Fsp3) is 0.625. The van der Waals surface area contributed by atoms with Crippen molar-refractivity contribution in [3.05, 3.63) is 41.5 Å². The molecule has 2 radical (unpaired) electrons. The van der Waals surface area contributed by atoms with Crippen molar-refractivity contribution in [2.75, 3.05) is 0 Å². The average molecular weight is 842 g/mol. The van der Waals surface area contributed by atoms with Gasteiger partial charge in [0.05, 0.1) is 25.7 Å². The van der Waals surface area contributed by atoms with Crippen LogP contribution in [0.25, 0.3) is 0 Å². The van der Waals surface area contributed by atoms with Crippen molar-refractivity contribution in [2.45, 2.75) is 55.4 Å². The summed E-state index contributed by atoms with van der Waals surface area (Å²) in [7, 11) is 0. The summed E-state index contributed by atoms with van der Waals surface area (Å²) in [6, 6.07) is 0. The van der Waals surface area contributed by atoms with Crippen LogP contribution < -0.4 is 0 Å². The van der Waals surface area contributed by atoms with Gasteiger partial charge >= 0.3 is 93.6 Å². The van der Waals surface area contributed by atoms with Crippen LogP contribution in [0, 0.1) is 53.4 Å². The molecule has 0 fully saturated rings. The maximum atomic E-state index is 3.64. The quantitative estimate of drug-likeness (QED) is 0.223. The molecule has 0 amide bonds. The first-order chi connectivity index (χ1) is 6.29. The van der Waals surface area contributed by atoms with Crippen molar-refractivity contribution in [3.8, 4) is 0 Å². The van der Waals surface area contributed by atoms with Crippen molar-refractivity contribution < 1.29 is 140 Å². The fourth-order valence-corrected chi connectivity index (χ4v) is 0. The Morgan fingerprint density at radius 3 is 0.625 bits per heavy atom. The molecule has 0 aromatic carbocycles. The second-order valence-electron chi connectivity index (χ2n) is 3.94. The zero-order chi connectivity index (χ0) is 12.6. The molecule has 0 aromatic heterocycles. The molecule has 0 aliphatic heterocycles. The summed E-state index contributed by atoms with van der Waals surface area (Å²) in [5.74, 6) is 1.17. The van der Waals surface area contributed by atoms with E-state index in [0.29, 0.717) is 11.8 Å². The van der Waals surface area contributed by atoms with Crippen molar-refractivity contribution in [1.82, 2.24) is 0 Å². The van der Waals surface area contributed by atoms with E-state index in [0.717, 1.165) is 0 Å². The SMILES string of the molecule is C[CH-]C.C[CH-]C.[CH2+]C(C)C.[CH2+]C(C)C.[CH3+].[CH3+].[Cd+2].[Cd+2].[Cd].[K].[K].[Zn+2].[Zn+2].[Zn]. The van der Waals surface area contributed by atoms with Gasteiger partial charge in [-0.05, 0) is 27.7 Å². The second kappa shape index (κ2) is 111. The third kappa shape index (κ3) is 434. The fourth-order valence-electron chi connectivity index (χ4n) is 0. The maximum Gasteiger partial charge on any atom is 2.00 e. The standard InChI is InChI=1S/2C4H9.2C3H7.2CH3.3Cd.2K.3Zn/c2*1-4(2)3;2*1-3-2;;;;;;;;;;/h2*4H,1H2,2-3H3;2*3H,1-2H3;2*1H3;;;;;;;;/q2*+1;2*-1;2*+1;;2*+2;;;;2*+2. The van der Waals surface area contributed by atoms with Gasteiger partial charge in [-0.25, -0.2) is 0 Å². The van der Waals surface area contributed by atoms with E-state index in [4.69, 9.17) is 0 Å². The molecule has 0 bridgehead atoms. The van der Waals surface area contributed by atoms with Gasteiger partial charge in [-0.1, -0.05) is 0 Å². The van der Waals surface area contributed by atoms with Crippen molar-refractivity contribution >= 4 is 103 Å². The van der Waals surface area contributed by atoms with Crippen LogP contribution >= 0.6 is 0 Å². The Morgan fingerprint density at radius 2 is 0.625 bits per heavy atom. The normalized spacial score (nSPS) is 4.42. The van der Waals surface area contributed by atoms with E-state index in [1.54, 1.807) is 0 Å². The van der Waals surface area contributed by atoms with Gasteiger partial charge in [0.1, 0.15) is 0 Å². The zero-order valence-corrected chi connectivity index (χ0v) is 47.2. The average Bonchev–Trinajstić information content (AvgIpc) is 1.85. The predicted molar refractivity (Wildman–Crippen MR) is 96.0 cm³/mol. The molecule has 106 valence electrons. The predicted octanol–water partition coefficient (Wildman–Crippen LogP) is 5.54. The summed E-state index contributed by atoms with van der Waals surface area (Å²) in [6.07, 6.45) is 4.00. The van der Waals surface area contributed by atoms with Crippen LogP contribution in [-0.2, 0) is 140 Å².